The number of hydrogen-bond acceptors (Lipinski definition) is 2. The van der Waals surface area contributed by atoms with Crippen LogP contribution in [-0.4, -0.2) is 23.9 Å². The van der Waals surface area contributed by atoms with Gasteiger partial charge in [-0.2, -0.15) is 0 Å². The fraction of sp³-hybridized carbons (Fsp3) is 0.588. The zero-order valence-corrected chi connectivity index (χ0v) is 12.1. The van der Waals surface area contributed by atoms with Gasteiger partial charge in [0, 0.05) is 18.8 Å². The second kappa shape index (κ2) is 5.47. The van der Waals surface area contributed by atoms with Gasteiger partial charge in [-0.15, -0.1) is 0 Å². The third-order valence-electron chi connectivity index (χ3n) is 5.01. The van der Waals surface area contributed by atoms with E-state index in [0.29, 0.717) is 11.8 Å². The summed E-state index contributed by atoms with van der Waals surface area (Å²) in [7, 11) is 0. The van der Waals surface area contributed by atoms with E-state index in [4.69, 9.17) is 5.73 Å². The quantitative estimate of drug-likeness (QED) is 0.841. The predicted molar refractivity (Wildman–Crippen MR) is 81.3 cm³/mol. The van der Waals surface area contributed by atoms with Crippen LogP contribution in [0.1, 0.15) is 44.1 Å². The van der Waals surface area contributed by atoms with E-state index in [9.17, 15) is 4.79 Å². The summed E-state index contributed by atoms with van der Waals surface area (Å²) in [6, 6.07) is 7.68. The van der Waals surface area contributed by atoms with Gasteiger partial charge < -0.3 is 10.6 Å². The molecule has 3 nitrogen and oxygen atoms in total. The molecule has 1 aromatic rings. The first-order valence-electron chi connectivity index (χ1n) is 7.79. The third-order valence-corrected chi connectivity index (χ3v) is 5.01. The van der Waals surface area contributed by atoms with Gasteiger partial charge in [0.1, 0.15) is 0 Å². The first-order valence-corrected chi connectivity index (χ1v) is 7.79. The Labute approximate surface area is 121 Å². The average molecular weight is 272 g/mol. The molecule has 1 amide bonds. The van der Waals surface area contributed by atoms with Crippen molar-refractivity contribution in [3.63, 3.8) is 0 Å². The van der Waals surface area contributed by atoms with Crippen molar-refractivity contribution in [2.75, 3.05) is 18.8 Å². The fourth-order valence-corrected chi connectivity index (χ4v) is 3.85. The van der Waals surface area contributed by atoms with E-state index in [-0.39, 0.29) is 5.91 Å². The number of hydrogen-bond donors (Lipinski definition) is 1. The number of nitrogens with zero attached hydrogens (tertiary/aromatic N) is 1. The van der Waals surface area contributed by atoms with Crippen LogP contribution in [0.2, 0.25) is 0 Å². The Bertz CT molecular complexity index is 492. The lowest BCUT2D eigenvalue weighted by atomic mass is 9.73. The minimum absolute atomic E-state index is 0.262. The third kappa shape index (κ3) is 2.82. The number of nitrogens with two attached hydrogens (primary N) is 1. The maximum Gasteiger partial charge on any atom is 0.227 e. The lowest BCUT2D eigenvalue weighted by Gasteiger charge is -2.33. The maximum absolute atomic E-state index is 12.4. The number of amides is 1. The van der Waals surface area contributed by atoms with Crippen molar-refractivity contribution in [2.24, 2.45) is 5.41 Å². The molecule has 1 heterocycles. The highest BCUT2D eigenvalue weighted by atomic mass is 16.2. The molecule has 108 valence electrons. The molecule has 1 spiro atoms. The van der Waals surface area contributed by atoms with Crippen LogP contribution in [0.4, 0.5) is 5.69 Å². The largest absolute Gasteiger partial charge is 0.399 e. The number of nitrogen functional groups attached to an aromatic ring is 1. The molecule has 0 atom stereocenters. The molecule has 3 rings (SSSR count). The molecule has 0 radical (unpaired) electrons. The number of likely N-dealkylation sites (tertiary alicyclic amines) is 1. The van der Waals surface area contributed by atoms with Gasteiger partial charge in [-0.05, 0) is 42.4 Å². The van der Waals surface area contributed by atoms with Crippen molar-refractivity contribution in [1.82, 2.24) is 4.90 Å². The Morgan fingerprint density at radius 1 is 1.20 bits per heavy atom. The van der Waals surface area contributed by atoms with Crippen molar-refractivity contribution in [2.45, 2.75) is 44.9 Å². The second-order valence-corrected chi connectivity index (χ2v) is 6.55. The van der Waals surface area contributed by atoms with Crippen LogP contribution in [0.15, 0.2) is 24.3 Å². The Kier molecular flexibility index (Phi) is 3.68. The summed E-state index contributed by atoms with van der Waals surface area (Å²) < 4.78 is 0. The van der Waals surface area contributed by atoms with E-state index in [2.05, 4.69) is 4.90 Å². The number of benzene rings is 1. The minimum atomic E-state index is 0.262. The molecule has 0 bridgehead atoms. The molecule has 2 aliphatic rings. The van der Waals surface area contributed by atoms with E-state index < -0.39 is 0 Å². The Hall–Kier alpha value is -1.51. The SMILES string of the molecule is Nc1cccc(CC(=O)N2CCC3(CCCCC3)C2)c1. The first-order chi connectivity index (χ1) is 9.67. The highest BCUT2D eigenvalue weighted by Crippen LogP contribution is 2.43. The summed E-state index contributed by atoms with van der Waals surface area (Å²) in [6.45, 7) is 1.93. The van der Waals surface area contributed by atoms with E-state index in [0.717, 1.165) is 24.3 Å². The van der Waals surface area contributed by atoms with E-state index in [1.54, 1.807) is 0 Å². The van der Waals surface area contributed by atoms with Crippen LogP contribution in [0.25, 0.3) is 0 Å². The number of rotatable bonds is 2. The molecule has 0 unspecified atom stereocenters. The van der Waals surface area contributed by atoms with Gasteiger partial charge in [-0.1, -0.05) is 31.4 Å². The van der Waals surface area contributed by atoms with Crippen molar-refractivity contribution >= 4 is 11.6 Å². The molecule has 0 aromatic heterocycles. The van der Waals surface area contributed by atoms with Crippen molar-refractivity contribution in [3.8, 4) is 0 Å². The molecule has 2 fully saturated rings. The fourth-order valence-electron chi connectivity index (χ4n) is 3.85. The topological polar surface area (TPSA) is 46.3 Å². The van der Waals surface area contributed by atoms with Gasteiger partial charge in [-0.25, -0.2) is 0 Å². The second-order valence-electron chi connectivity index (χ2n) is 6.55. The number of anilines is 1. The van der Waals surface area contributed by atoms with Crippen molar-refractivity contribution in [3.05, 3.63) is 29.8 Å². The molecular formula is C17H24N2O. The van der Waals surface area contributed by atoms with Gasteiger partial charge in [0.2, 0.25) is 5.91 Å². The normalized spacial score (nSPS) is 21.3. The summed E-state index contributed by atoms with van der Waals surface area (Å²) >= 11 is 0. The van der Waals surface area contributed by atoms with Gasteiger partial charge in [0.25, 0.3) is 0 Å². The molecule has 1 aromatic carbocycles. The summed E-state index contributed by atoms with van der Waals surface area (Å²) in [4.78, 5) is 14.5. The monoisotopic (exact) mass is 272 g/mol. The van der Waals surface area contributed by atoms with Crippen LogP contribution in [0.3, 0.4) is 0 Å². The van der Waals surface area contributed by atoms with Crippen LogP contribution in [0.5, 0.6) is 0 Å². The van der Waals surface area contributed by atoms with Crippen LogP contribution in [-0.2, 0) is 11.2 Å². The van der Waals surface area contributed by atoms with Crippen LogP contribution < -0.4 is 5.73 Å². The number of carbonyl (C=O) groups is 1. The van der Waals surface area contributed by atoms with Crippen LogP contribution in [0, 0.1) is 5.41 Å². The summed E-state index contributed by atoms with van der Waals surface area (Å²) in [5.41, 5.74) is 7.99. The predicted octanol–water partition coefficient (Wildman–Crippen LogP) is 2.99. The van der Waals surface area contributed by atoms with Gasteiger partial charge >= 0.3 is 0 Å². The summed E-state index contributed by atoms with van der Waals surface area (Å²) in [5, 5.41) is 0. The molecule has 1 aliphatic carbocycles. The molecule has 20 heavy (non-hydrogen) atoms. The Balaban J connectivity index is 1.61. The molecule has 2 N–H and O–H groups in total. The van der Waals surface area contributed by atoms with Crippen LogP contribution >= 0.6 is 0 Å². The molecule has 3 heteroatoms. The molecule has 1 aliphatic heterocycles. The van der Waals surface area contributed by atoms with Crippen molar-refractivity contribution in [1.29, 1.82) is 0 Å². The standard InChI is InChI=1S/C17H24N2O/c18-15-6-4-5-14(11-15)12-16(20)19-10-9-17(13-19)7-2-1-3-8-17/h4-6,11H,1-3,7-10,12-13,18H2. The smallest absolute Gasteiger partial charge is 0.227 e. The van der Waals surface area contributed by atoms with Crippen molar-refractivity contribution < 1.29 is 4.79 Å². The first kappa shape index (κ1) is 13.5. The highest BCUT2D eigenvalue weighted by molar-refractivity contribution is 5.79. The molecular weight excluding hydrogens is 248 g/mol. The zero-order valence-electron chi connectivity index (χ0n) is 12.1. The average Bonchev–Trinajstić information content (AvgIpc) is 2.83. The van der Waals surface area contributed by atoms with E-state index in [1.165, 1.54) is 38.5 Å². The van der Waals surface area contributed by atoms with E-state index in [1.807, 2.05) is 24.3 Å². The minimum Gasteiger partial charge on any atom is -0.399 e. The Morgan fingerprint density at radius 3 is 2.75 bits per heavy atom. The van der Waals surface area contributed by atoms with Gasteiger partial charge in [0.05, 0.1) is 6.42 Å². The zero-order chi connectivity index (χ0) is 14.0. The summed E-state index contributed by atoms with van der Waals surface area (Å²) in [6.07, 6.45) is 8.38. The molecule has 1 saturated heterocycles. The Morgan fingerprint density at radius 2 is 2.00 bits per heavy atom. The van der Waals surface area contributed by atoms with Gasteiger partial charge in [0.15, 0.2) is 0 Å². The summed E-state index contributed by atoms with van der Waals surface area (Å²) in [5.74, 6) is 0.262. The number of carbonyl (C=O) groups excluding carboxylic acids is 1. The lowest BCUT2D eigenvalue weighted by Crippen LogP contribution is -2.34. The maximum atomic E-state index is 12.4. The van der Waals surface area contributed by atoms with E-state index >= 15 is 0 Å². The molecule has 1 saturated carbocycles. The highest BCUT2D eigenvalue weighted by Gasteiger charge is 2.40. The van der Waals surface area contributed by atoms with Gasteiger partial charge in [-0.3, -0.25) is 4.79 Å². The lowest BCUT2D eigenvalue weighted by molar-refractivity contribution is -0.129.